The van der Waals surface area contributed by atoms with Crippen LogP contribution in [-0.4, -0.2) is 13.2 Å². The van der Waals surface area contributed by atoms with Crippen LogP contribution in [-0.2, 0) is 6.54 Å². The van der Waals surface area contributed by atoms with Gasteiger partial charge in [0.2, 0.25) is 0 Å². The van der Waals surface area contributed by atoms with Crippen LogP contribution in [0.2, 0.25) is 0 Å². The van der Waals surface area contributed by atoms with Gasteiger partial charge in [-0.3, -0.25) is 0 Å². The van der Waals surface area contributed by atoms with E-state index in [1.807, 2.05) is 6.92 Å². The maximum absolute atomic E-state index is 5.57. The van der Waals surface area contributed by atoms with E-state index >= 15 is 0 Å². The Bertz CT molecular complexity index is 363. The summed E-state index contributed by atoms with van der Waals surface area (Å²) in [5, 5.41) is 3.46. The topological polar surface area (TPSA) is 21.3 Å². The summed E-state index contributed by atoms with van der Waals surface area (Å²) >= 11 is 7.10. The molecule has 0 spiro atoms. The highest BCUT2D eigenvalue weighted by atomic mass is 79.9. The molecule has 0 fully saturated rings. The van der Waals surface area contributed by atoms with Crippen LogP contribution in [0.3, 0.4) is 0 Å². The monoisotopic (exact) mass is 413 g/mol. The van der Waals surface area contributed by atoms with Gasteiger partial charge in [0.25, 0.3) is 0 Å². The first-order valence-electron chi connectivity index (χ1n) is 6.36. The molecule has 1 N–H and O–H groups in total. The quantitative estimate of drug-likeness (QED) is 0.621. The summed E-state index contributed by atoms with van der Waals surface area (Å²) in [6, 6.07) is 4.22. The van der Waals surface area contributed by atoms with E-state index in [9.17, 15) is 0 Å². The molecule has 0 bridgehead atoms. The molecule has 0 aromatic heterocycles. The van der Waals surface area contributed by atoms with Gasteiger partial charge in [0, 0.05) is 6.54 Å². The maximum Gasteiger partial charge on any atom is 0.147 e. The molecule has 0 aliphatic heterocycles. The Morgan fingerprint density at radius 2 is 1.79 bits per heavy atom. The third kappa shape index (κ3) is 6.98. The lowest BCUT2D eigenvalue weighted by Gasteiger charge is -2.12. The van der Waals surface area contributed by atoms with Crippen molar-refractivity contribution in [3.05, 3.63) is 26.6 Å². The Balaban J connectivity index is 0.00000324. The van der Waals surface area contributed by atoms with Crippen molar-refractivity contribution in [3.63, 3.8) is 0 Å². The molecule has 5 heteroatoms. The number of hydrogen-bond acceptors (Lipinski definition) is 2. The van der Waals surface area contributed by atoms with E-state index in [1.165, 1.54) is 12.0 Å². The predicted molar refractivity (Wildman–Crippen MR) is 91.4 cm³/mol. The van der Waals surface area contributed by atoms with Gasteiger partial charge in [-0.25, -0.2) is 0 Å². The Morgan fingerprint density at radius 1 is 1.21 bits per heavy atom. The first-order chi connectivity index (χ1) is 8.54. The lowest BCUT2D eigenvalue weighted by molar-refractivity contribution is 0.336. The Kier molecular flexibility index (Phi) is 10.2. The summed E-state index contributed by atoms with van der Waals surface area (Å²) in [7, 11) is 0. The van der Waals surface area contributed by atoms with Crippen molar-refractivity contribution in [2.24, 2.45) is 5.92 Å². The highest BCUT2D eigenvalue weighted by Gasteiger charge is 2.08. The van der Waals surface area contributed by atoms with Crippen molar-refractivity contribution in [1.82, 2.24) is 5.32 Å². The van der Waals surface area contributed by atoms with E-state index in [2.05, 4.69) is 63.2 Å². The number of benzene rings is 1. The third-order valence-corrected chi connectivity index (χ3v) is 3.75. The van der Waals surface area contributed by atoms with Gasteiger partial charge in [-0.1, -0.05) is 13.8 Å². The molecule has 0 saturated heterocycles. The second-order valence-electron chi connectivity index (χ2n) is 4.68. The lowest BCUT2D eigenvalue weighted by atomic mass is 10.1. The van der Waals surface area contributed by atoms with E-state index in [1.54, 1.807) is 0 Å². The molecule has 0 saturated carbocycles. The normalized spacial score (nSPS) is 10.4. The minimum atomic E-state index is 0. The number of ether oxygens (including phenoxy) is 1. The predicted octanol–water partition coefficient (Wildman–Crippen LogP) is 5.17. The van der Waals surface area contributed by atoms with E-state index in [0.717, 1.165) is 33.7 Å². The summed E-state index contributed by atoms with van der Waals surface area (Å²) < 4.78 is 7.56. The molecule has 0 aliphatic carbocycles. The molecule has 0 amide bonds. The van der Waals surface area contributed by atoms with Crippen LogP contribution in [0, 0.1) is 5.92 Å². The average Bonchev–Trinajstić information content (AvgIpc) is 2.29. The van der Waals surface area contributed by atoms with Crippen molar-refractivity contribution >= 4 is 44.3 Å². The molecule has 19 heavy (non-hydrogen) atoms. The molecule has 0 aliphatic rings. The van der Waals surface area contributed by atoms with Crippen molar-refractivity contribution in [2.75, 3.05) is 13.2 Å². The molecule has 0 unspecified atom stereocenters. The first kappa shape index (κ1) is 19.2. The smallest absolute Gasteiger partial charge is 0.147 e. The standard InChI is InChI=1S/C14H21Br2NO.ClH/c1-4-18-14-12(15)7-11(8-13(14)16)9-17-6-5-10(2)3;/h7-8,10,17H,4-6,9H2,1-3H3;1H. The van der Waals surface area contributed by atoms with E-state index in [-0.39, 0.29) is 12.4 Å². The van der Waals surface area contributed by atoms with Crippen molar-refractivity contribution in [3.8, 4) is 5.75 Å². The number of hydrogen-bond donors (Lipinski definition) is 1. The van der Waals surface area contributed by atoms with Gasteiger partial charge in [0.1, 0.15) is 5.75 Å². The highest BCUT2D eigenvalue weighted by Crippen LogP contribution is 2.34. The van der Waals surface area contributed by atoms with E-state index < -0.39 is 0 Å². The molecular weight excluding hydrogens is 393 g/mol. The minimum absolute atomic E-state index is 0. The highest BCUT2D eigenvalue weighted by molar-refractivity contribution is 9.11. The molecule has 0 radical (unpaired) electrons. The third-order valence-electron chi connectivity index (χ3n) is 2.57. The lowest BCUT2D eigenvalue weighted by Crippen LogP contribution is -2.16. The fourth-order valence-corrected chi connectivity index (χ4v) is 3.13. The zero-order valence-corrected chi connectivity index (χ0v) is 15.6. The zero-order valence-electron chi connectivity index (χ0n) is 11.6. The molecular formula is C14H22Br2ClNO. The van der Waals surface area contributed by atoms with Gasteiger partial charge in [-0.2, -0.15) is 0 Å². The fourth-order valence-electron chi connectivity index (χ4n) is 1.62. The molecule has 2 nitrogen and oxygen atoms in total. The van der Waals surface area contributed by atoms with Gasteiger partial charge in [-0.05, 0) is 75.4 Å². The molecule has 0 heterocycles. The van der Waals surface area contributed by atoms with Crippen LogP contribution in [0.4, 0.5) is 0 Å². The van der Waals surface area contributed by atoms with Gasteiger partial charge < -0.3 is 10.1 Å². The summed E-state index contributed by atoms with van der Waals surface area (Å²) in [6.45, 7) is 9.08. The SMILES string of the molecule is CCOc1c(Br)cc(CNCCC(C)C)cc1Br.Cl. The number of halogens is 3. The maximum atomic E-state index is 5.57. The van der Waals surface area contributed by atoms with E-state index in [4.69, 9.17) is 4.74 Å². The Hall–Kier alpha value is 0.230. The second-order valence-corrected chi connectivity index (χ2v) is 6.39. The number of rotatable bonds is 7. The van der Waals surface area contributed by atoms with Crippen molar-refractivity contribution in [2.45, 2.75) is 33.7 Å². The van der Waals surface area contributed by atoms with Crippen LogP contribution < -0.4 is 10.1 Å². The summed E-state index contributed by atoms with van der Waals surface area (Å²) in [5.41, 5.74) is 1.25. The van der Waals surface area contributed by atoms with Gasteiger partial charge in [0.05, 0.1) is 15.6 Å². The second kappa shape index (κ2) is 10.0. The van der Waals surface area contributed by atoms with Crippen LogP contribution in [0.5, 0.6) is 5.75 Å². The molecule has 110 valence electrons. The number of nitrogens with one attached hydrogen (secondary N) is 1. The molecule has 1 aromatic carbocycles. The molecule has 1 aromatic rings. The van der Waals surface area contributed by atoms with Crippen molar-refractivity contribution in [1.29, 1.82) is 0 Å². The van der Waals surface area contributed by atoms with Gasteiger partial charge >= 0.3 is 0 Å². The summed E-state index contributed by atoms with van der Waals surface area (Å²) in [5.74, 6) is 1.62. The molecule has 0 atom stereocenters. The Morgan fingerprint density at radius 3 is 2.26 bits per heavy atom. The van der Waals surface area contributed by atoms with Crippen LogP contribution in [0.1, 0.15) is 32.8 Å². The Labute approximate surface area is 139 Å². The van der Waals surface area contributed by atoms with E-state index in [0.29, 0.717) is 6.61 Å². The van der Waals surface area contributed by atoms with Crippen LogP contribution >= 0.6 is 44.3 Å². The van der Waals surface area contributed by atoms with Crippen molar-refractivity contribution < 1.29 is 4.74 Å². The first-order valence-corrected chi connectivity index (χ1v) is 7.94. The fraction of sp³-hybridized carbons (Fsp3) is 0.571. The van der Waals surface area contributed by atoms with Gasteiger partial charge in [-0.15, -0.1) is 12.4 Å². The largest absolute Gasteiger partial charge is 0.492 e. The average molecular weight is 416 g/mol. The summed E-state index contributed by atoms with van der Waals surface area (Å²) in [4.78, 5) is 0. The van der Waals surface area contributed by atoms with Gasteiger partial charge in [0.15, 0.2) is 0 Å². The van der Waals surface area contributed by atoms with Crippen LogP contribution in [0.25, 0.3) is 0 Å². The van der Waals surface area contributed by atoms with Crippen LogP contribution in [0.15, 0.2) is 21.1 Å². The minimum Gasteiger partial charge on any atom is -0.492 e. The molecule has 1 rings (SSSR count). The summed E-state index contributed by atoms with van der Waals surface area (Å²) in [6.07, 6.45) is 1.21. The zero-order chi connectivity index (χ0) is 13.5.